The first-order valence-electron chi connectivity index (χ1n) is 16.7. The average Bonchev–Trinajstić information content (AvgIpc) is 3.90. The van der Waals surface area contributed by atoms with Gasteiger partial charge in [0.05, 0.1) is 24.0 Å². The van der Waals surface area contributed by atoms with Crippen LogP contribution in [0.3, 0.4) is 0 Å². The number of ether oxygens (including phenoxy) is 2. The summed E-state index contributed by atoms with van der Waals surface area (Å²) in [6.07, 6.45) is 0.685. The van der Waals surface area contributed by atoms with Crippen LogP contribution in [0.5, 0.6) is 5.75 Å². The molecule has 0 spiro atoms. The van der Waals surface area contributed by atoms with Crippen molar-refractivity contribution >= 4 is 22.8 Å². The monoisotopic (exact) mass is 662 g/mol. The van der Waals surface area contributed by atoms with Gasteiger partial charge in [-0.25, -0.2) is 5.48 Å². The number of carbonyl (C=O) groups excluding carboxylic acids is 2. The molecule has 1 aliphatic rings. The molecule has 7 heteroatoms. The van der Waals surface area contributed by atoms with Crippen LogP contribution in [0.15, 0.2) is 146 Å². The van der Waals surface area contributed by atoms with Crippen LogP contribution in [0.4, 0.5) is 0 Å². The molecule has 7 rings (SSSR count). The second kappa shape index (κ2) is 14.0. The van der Waals surface area contributed by atoms with Crippen LogP contribution in [0, 0.1) is 18.3 Å². The maximum atomic E-state index is 13.9. The Hall–Kier alpha value is -5.79. The molecule has 250 valence electrons. The molecule has 0 bridgehead atoms. The van der Waals surface area contributed by atoms with E-state index < -0.39 is 22.9 Å². The molecule has 50 heavy (non-hydrogen) atoms. The number of fused-ring (bicyclic) bond motifs is 1. The Morgan fingerprint density at radius 1 is 0.780 bits per heavy atom. The summed E-state index contributed by atoms with van der Waals surface area (Å²) in [6.45, 7) is 2.37. The lowest BCUT2D eigenvalue weighted by Crippen LogP contribution is -2.42. The number of esters is 1. The van der Waals surface area contributed by atoms with Crippen LogP contribution in [0.2, 0.25) is 0 Å². The topological polar surface area (TPSA) is 86.8 Å². The van der Waals surface area contributed by atoms with Crippen LogP contribution >= 0.6 is 0 Å². The highest BCUT2D eigenvalue weighted by Gasteiger charge is 2.64. The minimum Gasteiger partial charge on any atom is -0.489 e. The molecular weight excluding hydrogens is 624 g/mol. The Morgan fingerprint density at radius 3 is 1.92 bits per heavy atom. The number of nitrogens with zero attached hydrogens (tertiary/aromatic N) is 1. The number of hydroxylamine groups is 1. The second-order valence-corrected chi connectivity index (χ2v) is 12.8. The van der Waals surface area contributed by atoms with Gasteiger partial charge in [-0.1, -0.05) is 121 Å². The van der Waals surface area contributed by atoms with Crippen molar-refractivity contribution in [3.63, 3.8) is 0 Å². The Kier molecular flexibility index (Phi) is 9.15. The van der Waals surface area contributed by atoms with Gasteiger partial charge in [0.2, 0.25) is 5.91 Å². The minimum absolute atomic E-state index is 0.341. The van der Waals surface area contributed by atoms with Crippen molar-refractivity contribution in [2.75, 3.05) is 7.11 Å². The van der Waals surface area contributed by atoms with E-state index in [0.717, 1.165) is 44.4 Å². The number of aryl methyl sites for hydroxylation is 1. The lowest BCUT2D eigenvalue weighted by atomic mass is 9.80. The van der Waals surface area contributed by atoms with Gasteiger partial charge in [0.15, 0.2) is 5.60 Å². The third-order valence-corrected chi connectivity index (χ3v) is 9.60. The summed E-state index contributed by atoms with van der Waals surface area (Å²) in [5.41, 5.74) is 7.02. The number of benzene rings is 5. The molecule has 0 saturated heterocycles. The minimum atomic E-state index is -1.14. The van der Waals surface area contributed by atoms with Gasteiger partial charge >= 0.3 is 5.97 Å². The molecule has 0 aliphatic heterocycles. The maximum Gasteiger partial charge on any atom is 0.312 e. The molecule has 0 unspecified atom stereocenters. The van der Waals surface area contributed by atoms with E-state index in [-0.39, 0.29) is 5.91 Å². The van der Waals surface area contributed by atoms with Crippen molar-refractivity contribution in [2.45, 2.75) is 32.0 Å². The van der Waals surface area contributed by atoms with Gasteiger partial charge in [0.25, 0.3) is 0 Å². The number of hydrogen-bond donors (Lipinski definition) is 1. The maximum absolute atomic E-state index is 13.9. The van der Waals surface area contributed by atoms with Crippen molar-refractivity contribution in [3.05, 3.63) is 179 Å². The van der Waals surface area contributed by atoms with E-state index in [1.807, 2.05) is 153 Å². The first-order valence-corrected chi connectivity index (χ1v) is 16.7. The van der Waals surface area contributed by atoms with Crippen LogP contribution in [-0.4, -0.2) is 24.0 Å². The quantitative estimate of drug-likeness (QED) is 0.0815. The molecule has 1 aromatic heterocycles. The van der Waals surface area contributed by atoms with Gasteiger partial charge in [0, 0.05) is 16.6 Å². The number of carbonyl (C=O) groups is 2. The normalized spacial score (nSPS) is 16.8. The van der Waals surface area contributed by atoms with E-state index in [4.69, 9.17) is 14.3 Å². The molecule has 2 atom stereocenters. The van der Waals surface area contributed by atoms with Gasteiger partial charge in [0.1, 0.15) is 12.4 Å². The lowest BCUT2D eigenvalue weighted by molar-refractivity contribution is -0.153. The Labute approximate surface area is 291 Å². The third kappa shape index (κ3) is 6.35. The van der Waals surface area contributed by atoms with Gasteiger partial charge in [-0.15, -0.1) is 0 Å². The molecule has 0 radical (unpaired) electrons. The number of rotatable bonds is 12. The highest BCUT2D eigenvalue weighted by molar-refractivity contribution is 5.93. The summed E-state index contributed by atoms with van der Waals surface area (Å²) in [7, 11) is 1.36. The van der Waals surface area contributed by atoms with Crippen LogP contribution < -0.4 is 10.2 Å². The van der Waals surface area contributed by atoms with E-state index in [1.165, 1.54) is 7.11 Å². The summed E-state index contributed by atoms with van der Waals surface area (Å²) < 4.78 is 11.4. The second-order valence-electron chi connectivity index (χ2n) is 12.8. The summed E-state index contributed by atoms with van der Waals surface area (Å²) in [4.78, 5) is 38.3. The van der Waals surface area contributed by atoms with Crippen molar-refractivity contribution in [1.29, 1.82) is 0 Å². The highest BCUT2D eigenvalue weighted by atomic mass is 16.7. The number of aromatic nitrogens is 1. The number of amides is 1. The first-order chi connectivity index (χ1) is 24.4. The molecule has 1 heterocycles. The third-order valence-electron chi connectivity index (χ3n) is 9.60. The lowest BCUT2D eigenvalue weighted by Gasteiger charge is -2.35. The number of nitrogens with one attached hydrogen (secondary N) is 1. The predicted octanol–water partition coefficient (Wildman–Crippen LogP) is 7.88. The molecule has 1 N–H and O–H groups in total. The standard InChI is InChI=1S/C43H38N2O5/c1-30-26-32(37-20-12-13-21-39(37)44-30)29-49-36-24-22-31(23-25-36)27-42(41(47)48-2)28-38(42)40(46)45-50-43(33-14-6-3-7-15-33,34-16-8-4-9-17-34)35-18-10-5-11-19-35/h3-26,38H,27-29H2,1-2H3,(H,45,46)/t38-,42+/m1/s1. The molecule has 7 nitrogen and oxygen atoms in total. The summed E-state index contributed by atoms with van der Waals surface area (Å²) in [5.74, 6) is -0.716. The highest BCUT2D eigenvalue weighted by Crippen LogP contribution is 2.56. The van der Waals surface area contributed by atoms with Crippen molar-refractivity contribution < 1.29 is 23.9 Å². The fraction of sp³-hybridized carbons (Fsp3) is 0.186. The van der Waals surface area contributed by atoms with Crippen LogP contribution in [-0.2, 0) is 37.8 Å². The van der Waals surface area contributed by atoms with E-state index in [9.17, 15) is 9.59 Å². The van der Waals surface area contributed by atoms with Crippen molar-refractivity contribution in [2.24, 2.45) is 11.3 Å². The Balaban J connectivity index is 1.08. The molecule has 1 saturated carbocycles. The fourth-order valence-electron chi connectivity index (χ4n) is 6.98. The van der Waals surface area contributed by atoms with Crippen molar-refractivity contribution in [1.82, 2.24) is 10.5 Å². The Bertz CT molecular complexity index is 2010. The number of hydrogen-bond acceptors (Lipinski definition) is 6. The summed E-state index contributed by atoms with van der Waals surface area (Å²) in [5, 5.41) is 1.06. The summed E-state index contributed by atoms with van der Waals surface area (Å²) in [6, 6.07) is 47.1. The predicted molar refractivity (Wildman–Crippen MR) is 192 cm³/mol. The fourth-order valence-corrected chi connectivity index (χ4v) is 6.98. The average molecular weight is 663 g/mol. The van der Waals surface area contributed by atoms with E-state index in [1.54, 1.807) is 0 Å². The zero-order valence-electron chi connectivity index (χ0n) is 28.0. The SMILES string of the molecule is COC(=O)[C@@]1(Cc2ccc(OCc3cc(C)nc4ccccc34)cc2)C[C@@H]1C(=O)NOC(c1ccccc1)(c1ccccc1)c1ccccc1. The van der Waals surface area contributed by atoms with Crippen LogP contribution in [0.25, 0.3) is 10.9 Å². The van der Waals surface area contributed by atoms with Gasteiger partial charge < -0.3 is 9.47 Å². The van der Waals surface area contributed by atoms with E-state index in [2.05, 4.69) is 10.5 Å². The molecule has 1 amide bonds. The number of pyridine rings is 1. The van der Waals surface area contributed by atoms with Gasteiger partial charge in [-0.2, -0.15) is 0 Å². The zero-order chi connectivity index (χ0) is 34.6. The van der Waals surface area contributed by atoms with Crippen molar-refractivity contribution in [3.8, 4) is 5.75 Å². The van der Waals surface area contributed by atoms with Gasteiger partial charge in [-0.05, 0) is 66.3 Å². The molecule has 6 aromatic rings. The van der Waals surface area contributed by atoms with E-state index >= 15 is 0 Å². The van der Waals surface area contributed by atoms with Gasteiger partial charge in [-0.3, -0.25) is 19.4 Å². The summed E-state index contributed by atoms with van der Waals surface area (Å²) >= 11 is 0. The number of methoxy groups -OCH3 is 1. The Morgan fingerprint density at radius 2 is 1.34 bits per heavy atom. The number of para-hydroxylation sites is 1. The zero-order valence-corrected chi connectivity index (χ0v) is 28.0. The molecule has 1 aliphatic carbocycles. The van der Waals surface area contributed by atoms with Crippen LogP contribution in [0.1, 0.15) is 39.9 Å². The van der Waals surface area contributed by atoms with E-state index in [0.29, 0.717) is 25.2 Å². The largest absolute Gasteiger partial charge is 0.489 e. The smallest absolute Gasteiger partial charge is 0.312 e. The molecule has 5 aromatic carbocycles. The molecular formula is C43H38N2O5. The first kappa shape index (κ1) is 32.7. The molecule has 1 fully saturated rings.